The highest BCUT2D eigenvalue weighted by atomic mass is 16.5. The fraction of sp³-hybridized carbons (Fsp3) is 0.400. The number of rotatable bonds is 5. The molecule has 23 heavy (non-hydrogen) atoms. The van der Waals surface area contributed by atoms with Gasteiger partial charge in [-0.05, 0) is 68.2 Å². The third-order valence-electron chi connectivity index (χ3n) is 4.49. The Morgan fingerprint density at radius 3 is 2.48 bits per heavy atom. The summed E-state index contributed by atoms with van der Waals surface area (Å²) >= 11 is 0. The molecule has 120 valence electrons. The van der Waals surface area contributed by atoms with Crippen LogP contribution in [0.5, 0.6) is 5.75 Å². The van der Waals surface area contributed by atoms with Gasteiger partial charge in [0.05, 0.1) is 6.10 Å². The van der Waals surface area contributed by atoms with Crippen molar-refractivity contribution in [2.75, 3.05) is 0 Å². The zero-order valence-electron chi connectivity index (χ0n) is 14.1. The van der Waals surface area contributed by atoms with Crippen LogP contribution < -0.4 is 10.2 Å². The average molecular weight is 308 g/mol. The second kappa shape index (κ2) is 7.22. The first-order chi connectivity index (χ1) is 11.1. The lowest BCUT2D eigenvalue weighted by molar-refractivity contribution is 0.242. The summed E-state index contributed by atoms with van der Waals surface area (Å²) in [6, 6.07) is 15.0. The summed E-state index contributed by atoms with van der Waals surface area (Å²) in [7, 11) is 0. The molecule has 0 fully saturated rings. The van der Waals surface area contributed by atoms with Gasteiger partial charge in [0.25, 0.3) is 0 Å². The number of ether oxygens (including phenoxy) is 1. The van der Waals surface area contributed by atoms with Crippen molar-refractivity contribution >= 4 is 12.4 Å². The van der Waals surface area contributed by atoms with E-state index in [4.69, 9.17) is 4.74 Å². The monoisotopic (exact) mass is 308 g/mol. The summed E-state index contributed by atoms with van der Waals surface area (Å²) in [6.45, 7) is 3.81. The molecule has 0 aromatic heterocycles. The number of aryl methyl sites for hydroxylation is 3. The standard InChI is InChI=1S/C20H25BO2/c1-15(2)23-19-11-8-16(9-12-19)5-6-17-7-10-18-4-3-13-21(22)20(18)14-17/h7-12,14-15,22H,3-6,13H2,1-2H3. The Kier molecular flexibility index (Phi) is 5.07. The van der Waals surface area contributed by atoms with Crippen molar-refractivity contribution in [1.29, 1.82) is 0 Å². The van der Waals surface area contributed by atoms with Gasteiger partial charge >= 0.3 is 6.92 Å². The molecule has 1 N–H and O–H groups in total. The van der Waals surface area contributed by atoms with E-state index >= 15 is 0 Å². The van der Waals surface area contributed by atoms with E-state index in [-0.39, 0.29) is 13.0 Å². The molecular formula is C20H25BO2. The second-order valence-electron chi connectivity index (χ2n) is 6.75. The maximum Gasteiger partial charge on any atom is 0.323 e. The zero-order valence-corrected chi connectivity index (χ0v) is 14.1. The quantitative estimate of drug-likeness (QED) is 0.858. The van der Waals surface area contributed by atoms with Gasteiger partial charge in [-0.25, -0.2) is 0 Å². The Bertz CT molecular complexity index is 649. The second-order valence-corrected chi connectivity index (χ2v) is 6.75. The fourth-order valence-corrected chi connectivity index (χ4v) is 3.27. The summed E-state index contributed by atoms with van der Waals surface area (Å²) in [5, 5.41) is 10.2. The molecule has 1 aliphatic heterocycles. The molecule has 1 heterocycles. The van der Waals surface area contributed by atoms with Crippen molar-refractivity contribution in [3.63, 3.8) is 0 Å². The smallest absolute Gasteiger partial charge is 0.323 e. The first-order valence-electron chi connectivity index (χ1n) is 8.67. The normalized spacial score (nSPS) is 14.0. The highest BCUT2D eigenvalue weighted by molar-refractivity contribution is 6.67. The molecule has 0 unspecified atom stereocenters. The van der Waals surface area contributed by atoms with Gasteiger partial charge in [-0.15, -0.1) is 0 Å². The topological polar surface area (TPSA) is 29.5 Å². The lowest BCUT2D eigenvalue weighted by Crippen LogP contribution is -2.36. The van der Waals surface area contributed by atoms with Gasteiger partial charge in [-0.1, -0.05) is 42.3 Å². The van der Waals surface area contributed by atoms with Crippen molar-refractivity contribution in [3.8, 4) is 5.75 Å². The summed E-state index contributed by atoms with van der Waals surface area (Å²) in [5.41, 5.74) is 5.10. The van der Waals surface area contributed by atoms with Crippen LogP contribution in [0.1, 0.15) is 37.0 Å². The molecule has 0 saturated carbocycles. The van der Waals surface area contributed by atoms with Gasteiger partial charge in [0.15, 0.2) is 0 Å². The van der Waals surface area contributed by atoms with E-state index in [1.807, 2.05) is 26.0 Å². The van der Waals surface area contributed by atoms with Gasteiger partial charge in [-0.3, -0.25) is 0 Å². The average Bonchev–Trinajstić information content (AvgIpc) is 2.54. The molecule has 0 atom stereocenters. The van der Waals surface area contributed by atoms with Crippen LogP contribution in [0.3, 0.4) is 0 Å². The fourth-order valence-electron chi connectivity index (χ4n) is 3.27. The summed E-state index contributed by atoms with van der Waals surface area (Å²) in [5.74, 6) is 0.931. The van der Waals surface area contributed by atoms with Crippen molar-refractivity contribution in [3.05, 3.63) is 59.2 Å². The van der Waals surface area contributed by atoms with Crippen LogP contribution >= 0.6 is 0 Å². The van der Waals surface area contributed by atoms with E-state index in [0.29, 0.717) is 0 Å². The van der Waals surface area contributed by atoms with E-state index in [0.717, 1.165) is 43.2 Å². The minimum atomic E-state index is -0.272. The van der Waals surface area contributed by atoms with Gasteiger partial charge in [0, 0.05) is 0 Å². The van der Waals surface area contributed by atoms with Crippen LogP contribution in [-0.2, 0) is 19.3 Å². The Morgan fingerprint density at radius 2 is 1.74 bits per heavy atom. The highest BCUT2D eigenvalue weighted by Gasteiger charge is 2.22. The first kappa shape index (κ1) is 16.1. The molecule has 2 aromatic rings. The van der Waals surface area contributed by atoms with Crippen LogP contribution in [-0.4, -0.2) is 18.0 Å². The van der Waals surface area contributed by atoms with Crippen LogP contribution in [0, 0.1) is 0 Å². The Labute approximate surface area is 139 Å². The van der Waals surface area contributed by atoms with Crippen LogP contribution in [0.25, 0.3) is 0 Å². The van der Waals surface area contributed by atoms with E-state index in [9.17, 15) is 5.02 Å². The summed E-state index contributed by atoms with van der Waals surface area (Å²) < 4.78 is 5.68. The number of benzene rings is 2. The zero-order chi connectivity index (χ0) is 16.2. The first-order valence-corrected chi connectivity index (χ1v) is 8.67. The van der Waals surface area contributed by atoms with Crippen molar-refractivity contribution < 1.29 is 9.76 Å². The molecule has 3 rings (SSSR count). The van der Waals surface area contributed by atoms with Crippen molar-refractivity contribution in [1.82, 2.24) is 0 Å². The third-order valence-corrected chi connectivity index (χ3v) is 4.49. The van der Waals surface area contributed by atoms with Crippen LogP contribution in [0.15, 0.2) is 42.5 Å². The molecule has 2 nitrogen and oxygen atoms in total. The molecule has 0 radical (unpaired) electrons. The molecule has 2 aromatic carbocycles. The molecule has 0 saturated heterocycles. The van der Waals surface area contributed by atoms with Gasteiger partial charge in [-0.2, -0.15) is 0 Å². The van der Waals surface area contributed by atoms with Crippen molar-refractivity contribution in [2.24, 2.45) is 0 Å². The number of hydrogen-bond donors (Lipinski definition) is 1. The summed E-state index contributed by atoms with van der Waals surface area (Å²) in [6.07, 6.45) is 5.32. The summed E-state index contributed by atoms with van der Waals surface area (Å²) in [4.78, 5) is 0. The molecule has 0 aliphatic carbocycles. The Hall–Kier alpha value is -1.74. The van der Waals surface area contributed by atoms with Crippen molar-refractivity contribution in [2.45, 2.75) is 52.0 Å². The SMILES string of the molecule is CC(C)Oc1ccc(CCc2ccc3c(c2)B(O)CCC3)cc1. The molecule has 1 aliphatic rings. The maximum atomic E-state index is 10.2. The molecule has 0 spiro atoms. The maximum absolute atomic E-state index is 10.2. The molecule has 3 heteroatoms. The lowest BCUT2D eigenvalue weighted by atomic mass is 9.53. The van der Waals surface area contributed by atoms with Gasteiger partial charge < -0.3 is 9.76 Å². The van der Waals surface area contributed by atoms with Crippen LogP contribution in [0.4, 0.5) is 0 Å². The third kappa shape index (κ3) is 4.17. The van der Waals surface area contributed by atoms with Crippen LogP contribution in [0.2, 0.25) is 6.32 Å². The Balaban J connectivity index is 1.63. The minimum absolute atomic E-state index is 0.211. The largest absolute Gasteiger partial charge is 0.491 e. The lowest BCUT2D eigenvalue weighted by Gasteiger charge is -2.19. The predicted octanol–water partition coefficient (Wildman–Crippen LogP) is 3.40. The van der Waals surface area contributed by atoms with Gasteiger partial charge in [0.2, 0.25) is 0 Å². The molecule has 0 bridgehead atoms. The highest BCUT2D eigenvalue weighted by Crippen LogP contribution is 2.17. The van der Waals surface area contributed by atoms with E-state index in [1.165, 1.54) is 16.7 Å². The number of fused-ring (bicyclic) bond motifs is 1. The van der Waals surface area contributed by atoms with E-state index < -0.39 is 0 Å². The molecule has 0 amide bonds. The van der Waals surface area contributed by atoms with Gasteiger partial charge in [0.1, 0.15) is 5.75 Å². The Morgan fingerprint density at radius 1 is 1.04 bits per heavy atom. The minimum Gasteiger partial charge on any atom is -0.491 e. The van der Waals surface area contributed by atoms with E-state index in [2.05, 4.69) is 30.3 Å². The van der Waals surface area contributed by atoms with E-state index in [1.54, 1.807) is 0 Å². The number of hydrogen-bond acceptors (Lipinski definition) is 2. The predicted molar refractivity (Wildman–Crippen MR) is 96.8 cm³/mol. The molecular weight excluding hydrogens is 283 g/mol.